The number of hydrogen-bond donors (Lipinski definition) is 0. The van der Waals surface area contributed by atoms with E-state index in [0.29, 0.717) is 40.7 Å². The van der Waals surface area contributed by atoms with Crippen LogP contribution in [0.25, 0.3) is 16.8 Å². The van der Waals surface area contributed by atoms with E-state index in [1.165, 1.54) is 5.57 Å². The van der Waals surface area contributed by atoms with Crippen LogP contribution < -0.4 is 10.1 Å². The van der Waals surface area contributed by atoms with Gasteiger partial charge in [-0.15, -0.1) is 0 Å². The minimum Gasteiger partial charge on any atom is -0.392 e. The van der Waals surface area contributed by atoms with Gasteiger partial charge in [-0.25, -0.2) is 9.36 Å². The number of hydrogen-bond acceptors (Lipinski definition) is 3. The van der Waals surface area contributed by atoms with Crippen LogP contribution in [0.2, 0.25) is 10.0 Å². The van der Waals surface area contributed by atoms with Crippen molar-refractivity contribution in [3.05, 3.63) is 80.8 Å². The highest BCUT2D eigenvalue weighted by atomic mass is 35.5. The maximum Gasteiger partial charge on any atom is 0.350 e. The Morgan fingerprint density at radius 3 is 2.69 bits per heavy atom. The summed E-state index contributed by atoms with van der Waals surface area (Å²) >= 11 is 12.3. The molecule has 0 atom stereocenters. The van der Waals surface area contributed by atoms with Crippen LogP contribution >= 0.6 is 23.2 Å². The Bertz CT molecular complexity index is 1110. The van der Waals surface area contributed by atoms with Gasteiger partial charge in [-0.2, -0.15) is 4.40 Å². The summed E-state index contributed by atoms with van der Waals surface area (Å²) in [6.45, 7) is 5.10. The highest BCUT2D eigenvalue weighted by Gasteiger charge is 2.17. The van der Waals surface area contributed by atoms with Crippen molar-refractivity contribution < 1.29 is 9.40 Å². The predicted molar refractivity (Wildman–Crippen MR) is 118 cm³/mol. The van der Waals surface area contributed by atoms with Crippen LogP contribution in [-0.2, 0) is 11.4 Å². The van der Waals surface area contributed by atoms with E-state index in [1.807, 2.05) is 48.9 Å². The molecule has 3 rings (SSSR count). The van der Waals surface area contributed by atoms with Crippen LogP contribution in [0.15, 0.2) is 70.4 Å². The predicted octanol–water partition coefficient (Wildman–Crippen LogP) is 4.92. The summed E-state index contributed by atoms with van der Waals surface area (Å²) in [5, 5.41) is 4.94. The molecule has 5 nitrogen and oxygen atoms in total. The van der Waals surface area contributed by atoms with Gasteiger partial charge in [0.25, 0.3) is 5.65 Å². The molecule has 0 fully saturated rings. The van der Waals surface area contributed by atoms with Gasteiger partial charge in [-0.3, -0.25) is 0 Å². The van der Waals surface area contributed by atoms with E-state index in [9.17, 15) is 4.79 Å². The summed E-state index contributed by atoms with van der Waals surface area (Å²) in [5.41, 5.74) is 3.04. The Hall–Kier alpha value is -2.63. The fourth-order valence-electron chi connectivity index (χ4n) is 2.88. The van der Waals surface area contributed by atoms with E-state index >= 15 is 0 Å². The van der Waals surface area contributed by atoms with Crippen LogP contribution in [0.1, 0.15) is 20.3 Å². The van der Waals surface area contributed by atoms with Crippen molar-refractivity contribution in [3.8, 4) is 11.1 Å². The first kappa shape index (κ1) is 21.1. The molecule has 7 heteroatoms. The van der Waals surface area contributed by atoms with Crippen LogP contribution in [0, 0.1) is 0 Å². The zero-order valence-electron chi connectivity index (χ0n) is 16.3. The van der Waals surface area contributed by atoms with E-state index < -0.39 is 0 Å². The third-order valence-corrected chi connectivity index (χ3v) is 4.69. The van der Waals surface area contributed by atoms with Crippen LogP contribution in [0.4, 0.5) is 0 Å². The zero-order valence-corrected chi connectivity index (χ0v) is 17.8. The van der Waals surface area contributed by atoms with Gasteiger partial charge in [0.15, 0.2) is 0 Å². The first-order valence-corrected chi connectivity index (χ1v) is 9.99. The number of nitrogens with zero attached hydrogens (tertiary/aromatic N) is 3. The maximum atomic E-state index is 13.0. The first-order valence-electron chi connectivity index (χ1n) is 9.23. The molecule has 0 aliphatic heterocycles. The minimum atomic E-state index is -0.131. The molecule has 150 valence electrons. The van der Waals surface area contributed by atoms with E-state index in [0.717, 1.165) is 5.65 Å². The summed E-state index contributed by atoms with van der Waals surface area (Å²) in [5.74, 6) is 0. The second kappa shape index (κ2) is 9.72. The van der Waals surface area contributed by atoms with E-state index in [-0.39, 0.29) is 5.56 Å². The number of aromatic nitrogens is 2. The monoisotopic (exact) mass is 430 g/mol. The average Bonchev–Trinajstić information content (AvgIpc) is 2.68. The Morgan fingerprint density at radius 1 is 1.21 bits per heavy atom. The molecular weight excluding hydrogens is 409 g/mol. The van der Waals surface area contributed by atoms with Crippen molar-refractivity contribution in [2.75, 3.05) is 6.61 Å². The zero-order chi connectivity index (χ0) is 20.8. The number of aryl methyl sites for hydroxylation is 1. The lowest BCUT2D eigenvalue weighted by molar-refractivity contribution is -0.672. The third-order valence-electron chi connectivity index (χ3n) is 4.25. The number of halogens is 2. The number of fused-ring (bicyclic) bond motifs is 1. The molecule has 0 spiro atoms. The van der Waals surface area contributed by atoms with Gasteiger partial charge >= 0.3 is 5.56 Å². The Labute approximate surface area is 179 Å². The van der Waals surface area contributed by atoms with Crippen molar-refractivity contribution in [1.29, 1.82) is 0 Å². The number of rotatable bonds is 7. The van der Waals surface area contributed by atoms with Crippen LogP contribution in [0.3, 0.4) is 0 Å². The molecule has 0 aliphatic carbocycles. The molecule has 0 bridgehead atoms. The smallest absolute Gasteiger partial charge is 0.350 e. The molecule has 0 saturated heterocycles. The second-order valence-electron chi connectivity index (χ2n) is 6.78. The molecule has 2 heterocycles. The van der Waals surface area contributed by atoms with Gasteiger partial charge in [-0.05, 0) is 49.8 Å². The molecule has 29 heavy (non-hydrogen) atoms. The van der Waals surface area contributed by atoms with E-state index in [2.05, 4.69) is 5.16 Å². The quantitative estimate of drug-likeness (QED) is 0.175. The summed E-state index contributed by atoms with van der Waals surface area (Å²) < 4.78 is 3.63. The second-order valence-corrected chi connectivity index (χ2v) is 7.66. The van der Waals surface area contributed by atoms with Crippen molar-refractivity contribution in [1.82, 2.24) is 4.40 Å². The van der Waals surface area contributed by atoms with Gasteiger partial charge in [-0.1, -0.05) is 40.0 Å². The van der Waals surface area contributed by atoms with Crippen LogP contribution in [-0.4, -0.2) is 17.2 Å². The molecule has 0 amide bonds. The fraction of sp³-hybridized carbons (Fsp3) is 0.227. The Kier molecular flexibility index (Phi) is 7.07. The normalized spacial score (nSPS) is 11.2. The Morgan fingerprint density at radius 2 is 1.97 bits per heavy atom. The van der Waals surface area contributed by atoms with Gasteiger partial charge < -0.3 is 4.84 Å². The third kappa shape index (κ3) is 5.46. The lowest BCUT2D eigenvalue weighted by Crippen LogP contribution is -2.40. The summed E-state index contributed by atoms with van der Waals surface area (Å²) in [7, 11) is 0. The van der Waals surface area contributed by atoms with Crippen molar-refractivity contribution >= 4 is 35.1 Å². The van der Waals surface area contributed by atoms with Gasteiger partial charge in [0.2, 0.25) is 0 Å². The van der Waals surface area contributed by atoms with E-state index in [4.69, 9.17) is 28.0 Å². The molecule has 3 aromatic rings. The summed E-state index contributed by atoms with van der Waals surface area (Å²) in [6, 6.07) is 10.7. The molecule has 0 aliphatic rings. The van der Waals surface area contributed by atoms with Crippen LogP contribution in [0.5, 0.6) is 0 Å². The molecule has 0 N–H and O–H groups in total. The molecular formula is C22H22Cl2N3O2+. The molecule has 0 saturated carbocycles. The lowest BCUT2D eigenvalue weighted by atomic mass is 10.1. The highest BCUT2D eigenvalue weighted by molar-refractivity contribution is 6.35. The van der Waals surface area contributed by atoms with Crippen molar-refractivity contribution in [2.24, 2.45) is 5.16 Å². The first-order chi connectivity index (χ1) is 14.0. The SMILES string of the molecule is CC(C)=CCON=CCC[n+]1cc(-c2cc(Cl)cc(Cl)c2)c(=O)n2ccccc21. The fourth-order valence-corrected chi connectivity index (χ4v) is 3.41. The molecule has 1 aromatic carbocycles. The van der Waals surface area contributed by atoms with Gasteiger partial charge in [0.05, 0.1) is 12.7 Å². The number of allylic oxidation sites excluding steroid dienone is 1. The van der Waals surface area contributed by atoms with Crippen molar-refractivity contribution in [3.63, 3.8) is 0 Å². The number of benzene rings is 1. The Balaban J connectivity index is 1.91. The molecule has 0 radical (unpaired) electrons. The topological polar surface area (TPSA) is 47.0 Å². The molecule has 0 unspecified atom stereocenters. The number of oxime groups is 1. The largest absolute Gasteiger partial charge is 0.392 e. The minimum absolute atomic E-state index is 0.131. The maximum absolute atomic E-state index is 13.0. The van der Waals surface area contributed by atoms with Crippen molar-refractivity contribution in [2.45, 2.75) is 26.8 Å². The lowest BCUT2D eigenvalue weighted by Gasteiger charge is -2.07. The van der Waals surface area contributed by atoms with E-state index in [1.54, 1.807) is 35.0 Å². The summed E-state index contributed by atoms with van der Waals surface area (Å²) in [6.07, 6.45) is 7.92. The summed E-state index contributed by atoms with van der Waals surface area (Å²) in [4.78, 5) is 18.2. The standard InChI is InChI=1S/C22H22Cl2N3O2/c1-16(2)7-11-29-25-8-5-9-26-15-20(17-12-18(23)14-19(24)13-17)22(28)27-10-4-3-6-21(26)27/h3-4,6-8,10,12-15H,5,9,11H2,1-2H3/q+1. The number of pyridine rings is 1. The highest BCUT2D eigenvalue weighted by Crippen LogP contribution is 2.25. The van der Waals surface area contributed by atoms with Gasteiger partial charge in [0, 0.05) is 28.7 Å². The molecule has 2 aromatic heterocycles. The van der Waals surface area contributed by atoms with Gasteiger partial charge in [0.1, 0.15) is 18.4 Å². The average molecular weight is 431 g/mol.